The highest BCUT2D eigenvalue weighted by Crippen LogP contribution is 2.16. The molecule has 3 aromatic rings. The minimum absolute atomic E-state index is 0.257. The molecule has 6 nitrogen and oxygen atoms in total. The maximum Gasteiger partial charge on any atom is 0.419 e. The van der Waals surface area contributed by atoms with Gasteiger partial charge in [0.05, 0.1) is 24.4 Å². The highest BCUT2D eigenvalue weighted by molar-refractivity contribution is 5.72. The van der Waals surface area contributed by atoms with Crippen LogP contribution in [0, 0.1) is 0 Å². The van der Waals surface area contributed by atoms with E-state index in [1.807, 2.05) is 36.4 Å². The Kier molecular flexibility index (Phi) is 4.72. The number of nitrogens with zero attached hydrogens (tertiary/aromatic N) is 2. The van der Waals surface area contributed by atoms with Crippen LogP contribution in [0.2, 0.25) is 0 Å². The van der Waals surface area contributed by atoms with Gasteiger partial charge < -0.3 is 13.6 Å². The zero-order valence-corrected chi connectivity index (χ0v) is 14.1. The summed E-state index contributed by atoms with van der Waals surface area (Å²) in [5.41, 5.74) is 1.46. The fourth-order valence-corrected chi connectivity index (χ4v) is 3.40. The molecule has 1 fully saturated rings. The first-order valence-corrected chi connectivity index (χ1v) is 8.74. The zero-order valence-electron chi connectivity index (χ0n) is 14.1. The largest absolute Gasteiger partial charge is 0.468 e. The van der Waals surface area contributed by atoms with Crippen LogP contribution in [0.15, 0.2) is 56.3 Å². The van der Waals surface area contributed by atoms with E-state index in [-0.39, 0.29) is 11.9 Å². The third-order valence-electron chi connectivity index (χ3n) is 4.66. The molecule has 4 rings (SSSR count). The predicted octanol–water partition coefficient (Wildman–Crippen LogP) is 2.87. The molecular formula is C19H22N2O4. The van der Waals surface area contributed by atoms with Crippen LogP contribution in [-0.2, 0) is 17.8 Å². The molecule has 0 N–H and O–H groups in total. The van der Waals surface area contributed by atoms with E-state index in [4.69, 9.17) is 13.6 Å². The van der Waals surface area contributed by atoms with Crippen molar-refractivity contribution in [3.63, 3.8) is 0 Å². The van der Waals surface area contributed by atoms with E-state index in [1.165, 1.54) is 0 Å². The molecule has 6 heteroatoms. The molecule has 0 aliphatic carbocycles. The smallest absolute Gasteiger partial charge is 0.419 e. The van der Waals surface area contributed by atoms with Crippen LogP contribution in [0.5, 0.6) is 0 Å². The quantitative estimate of drug-likeness (QED) is 0.661. The summed E-state index contributed by atoms with van der Waals surface area (Å²) in [6.07, 6.45) is 4.15. The van der Waals surface area contributed by atoms with E-state index in [0.29, 0.717) is 18.7 Å². The minimum atomic E-state index is -0.309. The van der Waals surface area contributed by atoms with Crippen molar-refractivity contribution in [2.75, 3.05) is 19.7 Å². The number of ether oxygens (including phenoxy) is 1. The molecule has 1 unspecified atom stereocenters. The molecule has 1 atom stereocenters. The number of oxazole rings is 1. The van der Waals surface area contributed by atoms with Gasteiger partial charge in [-0.1, -0.05) is 12.1 Å². The first-order valence-electron chi connectivity index (χ1n) is 8.74. The molecule has 0 spiro atoms. The maximum atomic E-state index is 12.1. The second-order valence-corrected chi connectivity index (χ2v) is 6.44. The van der Waals surface area contributed by atoms with E-state index >= 15 is 0 Å². The average molecular weight is 342 g/mol. The summed E-state index contributed by atoms with van der Waals surface area (Å²) in [4.78, 5) is 14.4. The lowest BCUT2D eigenvalue weighted by molar-refractivity contribution is 0.0669. The molecule has 132 valence electrons. The second kappa shape index (κ2) is 7.29. The summed E-state index contributed by atoms with van der Waals surface area (Å²) < 4.78 is 18.3. The number of aromatic nitrogens is 1. The van der Waals surface area contributed by atoms with E-state index in [1.54, 1.807) is 10.8 Å². The van der Waals surface area contributed by atoms with E-state index in [9.17, 15) is 4.79 Å². The Balaban J connectivity index is 1.49. The van der Waals surface area contributed by atoms with Gasteiger partial charge in [-0.15, -0.1) is 0 Å². The highest BCUT2D eigenvalue weighted by atomic mass is 16.5. The third kappa shape index (κ3) is 3.70. The fourth-order valence-electron chi connectivity index (χ4n) is 3.40. The average Bonchev–Trinajstić information content (AvgIpc) is 3.34. The number of rotatable bonds is 7. The summed E-state index contributed by atoms with van der Waals surface area (Å²) in [6, 6.07) is 11.4. The Morgan fingerprint density at radius 2 is 2.12 bits per heavy atom. The molecule has 0 amide bonds. The second-order valence-electron chi connectivity index (χ2n) is 6.44. The van der Waals surface area contributed by atoms with Gasteiger partial charge in [0, 0.05) is 26.2 Å². The summed E-state index contributed by atoms with van der Waals surface area (Å²) >= 11 is 0. The fraction of sp³-hybridized carbons (Fsp3) is 0.421. The number of para-hydroxylation sites is 2. The number of hydrogen-bond acceptors (Lipinski definition) is 5. The zero-order chi connectivity index (χ0) is 17.1. The predicted molar refractivity (Wildman–Crippen MR) is 93.4 cm³/mol. The highest BCUT2D eigenvalue weighted by Gasteiger charge is 2.20. The standard InChI is InChI=1S/C19H22N2O4/c22-19-21(17-7-1-2-8-18(17)25-19)10-9-20(13-15-5-3-11-23-15)14-16-6-4-12-24-16/h1-3,5,7-8,11,16H,4,6,9-10,12-14H2. The van der Waals surface area contributed by atoms with Crippen molar-refractivity contribution >= 4 is 11.1 Å². The molecule has 1 saturated heterocycles. The van der Waals surface area contributed by atoms with Crippen LogP contribution in [-0.4, -0.2) is 35.3 Å². The van der Waals surface area contributed by atoms with Gasteiger partial charge in [-0.3, -0.25) is 9.47 Å². The molecule has 3 heterocycles. The Hall–Kier alpha value is -2.31. The summed E-state index contributed by atoms with van der Waals surface area (Å²) in [5.74, 6) is 0.610. The summed E-state index contributed by atoms with van der Waals surface area (Å²) in [6.45, 7) is 3.68. The Morgan fingerprint density at radius 3 is 2.92 bits per heavy atom. The van der Waals surface area contributed by atoms with Gasteiger partial charge in [-0.05, 0) is 37.1 Å². The van der Waals surface area contributed by atoms with Crippen LogP contribution >= 0.6 is 0 Å². The van der Waals surface area contributed by atoms with Gasteiger partial charge in [0.15, 0.2) is 5.58 Å². The van der Waals surface area contributed by atoms with Gasteiger partial charge in [0.2, 0.25) is 0 Å². The van der Waals surface area contributed by atoms with E-state index in [2.05, 4.69) is 4.90 Å². The molecule has 1 aliphatic rings. The Labute approximate surface area is 145 Å². The van der Waals surface area contributed by atoms with Gasteiger partial charge >= 0.3 is 5.76 Å². The lowest BCUT2D eigenvalue weighted by Gasteiger charge is -2.24. The van der Waals surface area contributed by atoms with Crippen molar-refractivity contribution in [2.24, 2.45) is 0 Å². The number of fused-ring (bicyclic) bond motifs is 1. The first kappa shape index (κ1) is 16.2. The minimum Gasteiger partial charge on any atom is -0.468 e. The van der Waals surface area contributed by atoms with Crippen molar-refractivity contribution in [1.29, 1.82) is 0 Å². The molecule has 0 radical (unpaired) electrons. The number of benzene rings is 1. The van der Waals surface area contributed by atoms with Crippen LogP contribution in [0.25, 0.3) is 11.1 Å². The van der Waals surface area contributed by atoms with Gasteiger partial charge in [-0.25, -0.2) is 4.79 Å². The third-order valence-corrected chi connectivity index (χ3v) is 4.66. The van der Waals surface area contributed by atoms with Crippen LogP contribution in [0.1, 0.15) is 18.6 Å². The first-order chi connectivity index (χ1) is 12.3. The Morgan fingerprint density at radius 1 is 1.20 bits per heavy atom. The van der Waals surface area contributed by atoms with E-state index in [0.717, 1.165) is 43.8 Å². The van der Waals surface area contributed by atoms with Crippen molar-refractivity contribution in [3.05, 3.63) is 59.0 Å². The van der Waals surface area contributed by atoms with Crippen LogP contribution in [0.4, 0.5) is 0 Å². The van der Waals surface area contributed by atoms with Crippen molar-refractivity contribution in [3.8, 4) is 0 Å². The topological polar surface area (TPSA) is 60.8 Å². The Bertz CT molecular complexity index is 859. The molecule has 2 aromatic heterocycles. The van der Waals surface area contributed by atoms with Crippen molar-refractivity contribution in [1.82, 2.24) is 9.47 Å². The molecular weight excluding hydrogens is 320 g/mol. The molecule has 1 aromatic carbocycles. The van der Waals surface area contributed by atoms with Crippen molar-refractivity contribution < 1.29 is 13.6 Å². The SMILES string of the molecule is O=c1oc2ccccc2n1CCN(Cc1ccco1)CC1CCCO1. The lowest BCUT2D eigenvalue weighted by Crippen LogP contribution is -2.35. The monoisotopic (exact) mass is 342 g/mol. The number of hydrogen-bond donors (Lipinski definition) is 0. The maximum absolute atomic E-state index is 12.1. The number of furan rings is 1. The van der Waals surface area contributed by atoms with Gasteiger partial charge in [0.25, 0.3) is 0 Å². The molecule has 1 aliphatic heterocycles. The molecule has 0 saturated carbocycles. The molecule has 25 heavy (non-hydrogen) atoms. The molecule has 0 bridgehead atoms. The van der Waals surface area contributed by atoms with E-state index < -0.39 is 0 Å². The lowest BCUT2D eigenvalue weighted by atomic mass is 10.2. The summed E-state index contributed by atoms with van der Waals surface area (Å²) in [5, 5.41) is 0. The normalized spacial score (nSPS) is 17.7. The van der Waals surface area contributed by atoms with Crippen molar-refractivity contribution in [2.45, 2.75) is 32.0 Å². The van der Waals surface area contributed by atoms with Gasteiger partial charge in [-0.2, -0.15) is 0 Å². The summed E-state index contributed by atoms with van der Waals surface area (Å²) in [7, 11) is 0. The van der Waals surface area contributed by atoms with Gasteiger partial charge in [0.1, 0.15) is 5.76 Å². The van der Waals surface area contributed by atoms with Crippen LogP contribution < -0.4 is 5.76 Å². The van der Waals surface area contributed by atoms with Crippen LogP contribution in [0.3, 0.4) is 0 Å².